The van der Waals surface area contributed by atoms with Crippen molar-refractivity contribution in [3.8, 4) is 12.3 Å². The molecule has 0 rings (SSSR count). The highest BCUT2D eigenvalue weighted by molar-refractivity contribution is 5.69. The van der Waals surface area contributed by atoms with E-state index in [0.717, 1.165) is 12.8 Å². The zero-order valence-electron chi connectivity index (χ0n) is 8.14. The molecule has 0 atom stereocenters. The number of nitrogens with one attached hydrogen (secondary N) is 1. The first-order valence-electron chi connectivity index (χ1n) is 4.61. The van der Waals surface area contributed by atoms with Crippen LogP contribution in [-0.2, 0) is 9.53 Å². The van der Waals surface area contributed by atoms with E-state index < -0.39 is 0 Å². The maximum absolute atomic E-state index is 11.0. The van der Waals surface area contributed by atoms with Crippen LogP contribution in [0.5, 0.6) is 0 Å². The highest BCUT2D eigenvalue weighted by Gasteiger charge is 2.00. The summed E-state index contributed by atoms with van der Waals surface area (Å²) in [5.74, 6) is 2.28. The molecular weight excluding hydrogens is 166 g/mol. The number of ether oxygens (including phenoxy) is 1. The molecule has 0 saturated carbocycles. The topological polar surface area (TPSA) is 38.3 Å². The van der Waals surface area contributed by atoms with Crippen molar-refractivity contribution in [1.82, 2.24) is 5.32 Å². The molecule has 13 heavy (non-hydrogen) atoms. The van der Waals surface area contributed by atoms with Crippen molar-refractivity contribution in [3.63, 3.8) is 0 Å². The highest BCUT2D eigenvalue weighted by Crippen LogP contribution is 1.90. The fourth-order valence-electron chi connectivity index (χ4n) is 0.754. The number of terminal acetylenes is 1. The highest BCUT2D eigenvalue weighted by atomic mass is 16.5. The number of carbonyl (C=O) groups excluding carboxylic acids is 1. The van der Waals surface area contributed by atoms with E-state index in [2.05, 4.69) is 18.2 Å². The van der Waals surface area contributed by atoms with E-state index in [-0.39, 0.29) is 5.97 Å². The molecule has 0 aliphatic rings. The summed E-state index contributed by atoms with van der Waals surface area (Å²) in [4.78, 5) is 11.0. The number of esters is 1. The van der Waals surface area contributed by atoms with Crippen LogP contribution in [0, 0.1) is 12.3 Å². The Morgan fingerprint density at radius 3 is 3.00 bits per heavy atom. The van der Waals surface area contributed by atoms with Crippen LogP contribution in [-0.4, -0.2) is 25.7 Å². The lowest BCUT2D eigenvalue weighted by Crippen LogP contribution is -2.19. The summed E-state index contributed by atoms with van der Waals surface area (Å²) >= 11 is 0. The van der Waals surface area contributed by atoms with Crippen LogP contribution in [0.3, 0.4) is 0 Å². The Balaban J connectivity index is 3.16. The predicted molar refractivity (Wildman–Crippen MR) is 52.2 cm³/mol. The average Bonchev–Trinajstić information content (AvgIpc) is 2.13. The molecule has 0 radical (unpaired) electrons. The number of rotatable bonds is 7. The first-order chi connectivity index (χ1) is 6.31. The Hall–Kier alpha value is -1.01. The van der Waals surface area contributed by atoms with Gasteiger partial charge in [-0.25, -0.2) is 0 Å². The molecule has 0 saturated heterocycles. The fraction of sp³-hybridized carbons (Fsp3) is 0.700. The van der Waals surface area contributed by atoms with Crippen molar-refractivity contribution < 1.29 is 9.53 Å². The molecule has 0 bridgehead atoms. The molecular formula is C10H17NO2. The van der Waals surface area contributed by atoms with Crippen molar-refractivity contribution in [2.24, 2.45) is 0 Å². The van der Waals surface area contributed by atoms with Crippen LogP contribution in [0.1, 0.15) is 26.2 Å². The van der Waals surface area contributed by atoms with E-state index in [1.807, 2.05) is 0 Å². The van der Waals surface area contributed by atoms with E-state index in [1.54, 1.807) is 0 Å². The summed E-state index contributed by atoms with van der Waals surface area (Å²) in [5.41, 5.74) is 0. The molecule has 0 fully saturated rings. The second kappa shape index (κ2) is 9.08. The lowest BCUT2D eigenvalue weighted by Gasteiger charge is -2.03. The van der Waals surface area contributed by atoms with Crippen molar-refractivity contribution in [3.05, 3.63) is 0 Å². The maximum atomic E-state index is 11.0. The van der Waals surface area contributed by atoms with Gasteiger partial charge in [-0.1, -0.05) is 19.3 Å². The van der Waals surface area contributed by atoms with Gasteiger partial charge in [0.25, 0.3) is 0 Å². The van der Waals surface area contributed by atoms with Gasteiger partial charge in [-0.05, 0) is 6.42 Å². The average molecular weight is 183 g/mol. The van der Waals surface area contributed by atoms with E-state index in [9.17, 15) is 4.79 Å². The minimum atomic E-state index is -0.155. The first kappa shape index (κ1) is 12.0. The molecule has 0 heterocycles. The third kappa shape index (κ3) is 8.90. The Morgan fingerprint density at radius 2 is 2.38 bits per heavy atom. The number of hydrogen-bond acceptors (Lipinski definition) is 3. The van der Waals surface area contributed by atoms with Gasteiger partial charge in [-0.3, -0.25) is 4.79 Å². The Morgan fingerprint density at radius 1 is 1.62 bits per heavy atom. The third-order valence-corrected chi connectivity index (χ3v) is 1.49. The van der Waals surface area contributed by atoms with Gasteiger partial charge >= 0.3 is 5.97 Å². The van der Waals surface area contributed by atoms with Crippen molar-refractivity contribution in [1.29, 1.82) is 0 Å². The fourth-order valence-corrected chi connectivity index (χ4v) is 0.754. The molecule has 0 amide bonds. The van der Waals surface area contributed by atoms with Crippen LogP contribution in [0.15, 0.2) is 0 Å². The minimum absolute atomic E-state index is 0.155. The quantitative estimate of drug-likeness (QED) is 0.363. The van der Waals surface area contributed by atoms with Crippen molar-refractivity contribution >= 4 is 5.97 Å². The monoisotopic (exact) mass is 183 g/mol. The summed E-state index contributed by atoms with van der Waals surface area (Å²) in [6.07, 6.45) is 7.39. The van der Waals surface area contributed by atoms with E-state index in [1.165, 1.54) is 0 Å². The maximum Gasteiger partial charge on any atom is 0.307 e. The summed E-state index contributed by atoms with van der Waals surface area (Å²) in [6.45, 7) is 3.68. The molecule has 0 spiro atoms. The number of hydrogen-bond donors (Lipinski definition) is 1. The van der Waals surface area contributed by atoms with E-state index in [0.29, 0.717) is 26.1 Å². The summed E-state index contributed by atoms with van der Waals surface area (Å²) in [6, 6.07) is 0. The third-order valence-electron chi connectivity index (χ3n) is 1.49. The van der Waals surface area contributed by atoms with Gasteiger partial charge in [-0.15, -0.1) is 6.42 Å². The lowest BCUT2D eigenvalue weighted by atomic mass is 10.3. The second-order valence-corrected chi connectivity index (χ2v) is 2.70. The first-order valence-corrected chi connectivity index (χ1v) is 4.61. The van der Waals surface area contributed by atoms with Crippen LogP contribution < -0.4 is 5.32 Å². The number of unbranched alkanes of at least 4 members (excludes halogenated alkanes) is 1. The van der Waals surface area contributed by atoms with Gasteiger partial charge in [0, 0.05) is 6.54 Å². The molecule has 3 heteroatoms. The molecule has 1 N–H and O–H groups in total. The predicted octanol–water partition coefficient (Wildman–Crippen LogP) is 0.943. The lowest BCUT2D eigenvalue weighted by molar-refractivity contribution is -0.143. The molecule has 0 aromatic rings. The van der Waals surface area contributed by atoms with Crippen LogP contribution in [0.2, 0.25) is 0 Å². The molecule has 0 aromatic heterocycles. The van der Waals surface area contributed by atoms with Gasteiger partial charge < -0.3 is 10.1 Å². The van der Waals surface area contributed by atoms with Gasteiger partial charge in [-0.2, -0.15) is 0 Å². The standard InChI is InChI=1S/C10H17NO2/c1-3-5-9-13-10(12)6-8-11-7-4-2/h2,11H,3,5-9H2,1H3. The molecule has 3 nitrogen and oxygen atoms in total. The van der Waals surface area contributed by atoms with E-state index in [4.69, 9.17) is 11.2 Å². The minimum Gasteiger partial charge on any atom is -0.466 e. The summed E-state index contributed by atoms with van der Waals surface area (Å²) in [5, 5.41) is 2.92. The van der Waals surface area contributed by atoms with Crippen LogP contribution in [0.25, 0.3) is 0 Å². The Bertz CT molecular complexity index is 172. The SMILES string of the molecule is C#CCNCCC(=O)OCCCC. The number of carbonyl (C=O) groups is 1. The summed E-state index contributed by atoms with van der Waals surface area (Å²) < 4.78 is 4.93. The molecule has 0 aromatic carbocycles. The molecule has 0 aliphatic heterocycles. The van der Waals surface area contributed by atoms with Gasteiger partial charge in [0.1, 0.15) is 0 Å². The second-order valence-electron chi connectivity index (χ2n) is 2.70. The Labute approximate surface area is 79.8 Å². The van der Waals surface area contributed by atoms with Crippen molar-refractivity contribution in [2.75, 3.05) is 19.7 Å². The van der Waals surface area contributed by atoms with Gasteiger partial charge in [0.15, 0.2) is 0 Å². The largest absolute Gasteiger partial charge is 0.466 e. The molecule has 74 valence electrons. The van der Waals surface area contributed by atoms with Gasteiger partial charge in [0.2, 0.25) is 0 Å². The van der Waals surface area contributed by atoms with Gasteiger partial charge in [0.05, 0.1) is 19.6 Å². The smallest absolute Gasteiger partial charge is 0.307 e. The summed E-state index contributed by atoms with van der Waals surface area (Å²) in [7, 11) is 0. The van der Waals surface area contributed by atoms with Crippen LogP contribution >= 0.6 is 0 Å². The normalized spacial score (nSPS) is 9.23. The zero-order valence-corrected chi connectivity index (χ0v) is 8.14. The van der Waals surface area contributed by atoms with Crippen molar-refractivity contribution in [2.45, 2.75) is 26.2 Å². The van der Waals surface area contributed by atoms with Crippen LogP contribution in [0.4, 0.5) is 0 Å². The van der Waals surface area contributed by atoms with E-state index >= 15 is 0 Å². The molecule has 0 aliphatic carbocycles. The zero-order chi connectivity index (χ0) is 9.94. The Kier molecular flexibility index (Phi) is 8.38. The molecule has 0 unspecified atom stereocenters.